The average molecular weight is 283 g/mol. The number of nitrogens with two attached hydrogens (primary N) is 1. The number of aryl methyl sites for hydroxylation is 1. The van der Waals surface area contributed by atoms with Gasteiger partial charge in [-0.3, -0.25) is 4.98 Å². The van der Waals surface area contributed by atoms with Gasteiger partial charge in [-0.2, -0.15) is 5.26 Å². The van der Waals surface area contributed by atoms with Gasteiger partial charge in [0.2, 0.25) is 0 Å². The van der Waals surface area contributed by atoms with Crippen molar-refractivity contribution >= 4 is 28.2 Å². The first kappa shape index (κ1) is 12.5. The molecule has 5 heteroatoms. The molecule has 3 N–H and O–H groups in total. The van der Waals surface area contributed by atoms with Crippen molar-refractivity contribution in [3.05, 3.63) is 46.7 Å². The van der Waals surface area contributed by atoms with Crippen LogP contribution < -0.4 is 5.73 Å². The lowest BCUT2D eigenvalue weighted by Crippen LogP contribution is -1.93. The first-order valence-electron chi connectivity index (χ1n) is 6.04. The van der Waals surface area contributed by atoms with Crippen LogP contribution in [-0.2, 0) is 0 Å². The number of nitriles is 1. The van der Waals surface area contributed by atoms with Gasteiger partial charge >= 0.3 is 0 Å². The molecule has 2 heterocycles. The van der Waals surface area contributed by atoms with Crippen LogP contribution in [0.2, 0.25) is 5.02 Å². The zero-order valence-electron chi connectivity index (χ0n) is 10.7. The first-order valence-corrected chi connectivity index (χ1v) is 6.42. The first-order chi connectivity index (χ1) is 9.60. The van der Waals surface area contributed by atoms with Crippen LogP contribution in [0, 0.1) is 18.3 Å². The van der Waals surface area contributed by atoms with Gasteiger partial charge in [0, 0.05) is 22.2 Å². The molecule has 0 fully saturated rings. The molecular weight excluding hydrogens is 272 g/mol. The zero-order valence-corrected chi connectivity index (χ0v) is 11.5. The molecule has 3 aromatic rings. The molecule has 2 aromatic heterocycles. The Balaban J connectivity index is 2.30. The third-order valence-corrected chi connectivity index (χ3v) is 3.50. The number of hydrogen-bond acceptors (Lipinski definition) is 3. The summed E-state index contributed by atoms with van der Waals surface area (Å²) in [6.45, 7) is 1.86. The van der Waals surface area contributed by atoms with Crippen molar-refractivity contribution in [3.63, 3.8) is 0 Å². The number of rotatable bonds is 1. The van der Waals surface area contributed by atoms with Gasteiger partial charge < -0.3 is 10.7 Å². The summed E-state index contributed by atoms with van der Waals surface area (Å²) in [5.74, 6) is 0. The third kappa shape index (κ3) is 1.89. The minimum absolute atomic E-state index is 0.519. The van der Waals surface area contributed by atoms with Crippen molar-refractivity contribution in [1.29, 1.82) is 5.26 Å². The van der Waals surface area contributed by atoms with Crippen molar-refractivity contribution in [2.45, 2.75) is 6.92 Å². The number of halogens is 1. The highest BCUT2D eigenvalue weighted by atomic mass is 35.5. The summed E-state index contributed by atoms with van der Waals surface area (Å²) in [5.41, 5.74) is 10.2. The summed E-state index contributed by atoms with van der Waals surface area (Å²) in [4.78, 5) is 7.59. The van der Waals surface area contributed by atoms with Crippen molar-refractivity contribution in [2.75, 3.05) is 5.73 Å². The highest BCUT2D eigenvalue weighted by Gasteiger charge is 2.12. The number of hydrogen-bond donors (Lipinski definition) is 2. The van der Waals surface area contributed by atoms with Gasteiger partial charge in [0.15, 0.2) is 0 Å². The van der Waals surface area contributed by atoms with E-state index < -0.39 is 0 Å². The lowest BCUT2D eigenvalue weighted by atomic mass is 10.1. The van der Waals surface area contributed by atoms with Crippen LogP contribution in [0.3, 0.4) is 0 Å². The zero-order chi connectivity index (χ0) is 14.3. The number of anilines is 1. The Bertz CT molecular complexity index is 858. The van der Waals surface area contributed by atoms with E-state index in [4.69, 9.17) is 22.6 Å². The summed E-state index contributed by atoms with van der Waals surface area (Å²) >= 11 is 6.07. The van der Waals surface area contributed by atoms with E-state index in [-0.39, 0.29) is 0 Å². The fourth-order valence-corrected chi connectivity index (χ4v) is 2.44. The topological polar surface area (TPSA) is 78.5 Å². The molecule has 0 bridgehead atoms. The molecular formula is C15H11ClN4. The molecule has 0 radical (unpaired) electrons. The molecule has 3 rings (SSSR count). The normalized spacial score (nSPS) is 10.7. The van der Waals surface area contributed by atoms with Gasteiger partial charge in [-0.1, -0.05) is 11.6 Å². The maximum absolute atomic E-state index is 9.16. The number of pyridine rings is 1. The molecule has 4 nitrogen and oxygen atoms in total. The maximum Gasteiger partial charge on any atom is 0.101 e. The van der Waals surface area contributed by atoms with Crippen LogP contribution in [0.5, 0.6) is 0 Å². The van der Waals surface area contributed by atoms with E-state index in [1.165, 1.54) is 0 Å². The molecule has 0 spiro atoms. The summed E-state index contributed by atoms with van der Waals surface area (Å²) in [7, 11) is 0. The van der Waals surface area contributed by atoms with Crippen LogP contribution in [0.4, 0.5) is 5.69 Å². The lowest BCUT2D eigenvalue weighted by molar-refractivity contribution is 1.21. The number of nitrogens with zero attached hydrogens (tertiary/aromatic N) is 2. The molecule has 0 aliphatic rings. The van der Waals surface area contributed by atoms with Gasteiger partial charge in [0.05, 0.1) is 28.2 Å². The van der Waals surface area contributed by atoms with Crippen LogP contribution in [0.1, 0.15) is 11.3 Å². The second-order valence-electron chi connectivity index (χ2n) is 4.56. The summed E-state index contributed by atoms with van der Waals surface area (Å²) in [6, 6.07) is 9.30. The Morgan fingerprint density at radius 2 is 2.15 bits per heavy atom. The highest BCUT2D eigenvalue weighted by Crippen LogP contribution is 2.32. The molecule has 0 unspecified atom stereocenters. The summed E-state index contributed by atoms with van der Waals surface area (Å²) in [5, 5.41) is 10.6. The molecule has 1 aromatic carbocycles. The van der Waals surface area contributed by atoms with Crippen LogP contribution in [-0.4, -0.2) is 9.97 Å². The van der Waals surface area contributed by atoms with Crippen LogP contribution in [0.25, 0.3) is 22.2 Å². The standard InChI is InChI=1S/C15H11ClN4/c1-8-13(18)2-3-14(20-8)12-7-19-15-9(6-17)4-10(16)5-11(12)15/h2-5,7,19H,18H2,1H3. The van der Waals surface area contributed by atoms with Crippen molar-refractivity contribution < 1.29 is 0 Å². The van der Waals surface area contributed by atoms with E-state index >= 15 is 0 Å². The molecule has 0 saturated carbocycles. The number of fused-ring (bicyclic) bond motifs is 1. The Morgan fingerprint density at radius 3 is 2.85 bits per heavy atom. The second kappa shape index (κ2) is 4.55. The summed E-state index contributed by atoms with van der Waals surface area (Å²) in [6.07, 6.45) is 1.83. The average Bonchev–Trinajstić information content (AvgIpc) is 2.84. The maximum atomic E-state index is 9.16. The number of H-pyrrole nitrogens is 1. The highest BCUT2D eigenvalue weighted by molar-refractivity contribution is 6.31. The Kier molecular flexibility index (Phi) is 2.85. The van der Waals surface area contributed by atoms with E-state index in [1.807, 2.05) is 31.3 Å². The third-order valence-electron chi connectivity index (χ3n) is 3.28. The van der Waals surface area contributed by atoms with E-state index in [0.717, 1.165) is 27.9 Å². The Labute approximate surface area is 120 Å². The molecule has 20 heavy (non-hydrogen) atoms. The minimum Gasteiger partial charge on any atom is -0.397 e. The monoisotopic (exact) mass is 282 g/mol. The predicted octanol–water partition coefficient (Wildman–Crippen LogP) is 3.65. The number of benzene rings is 1. The molecule has 0 atom stereocenters. The van der Waals surface area contributed by atoms with Crippen molar-refractivity contribution in [3.8, 4) is 17.3 Å². The quantitative estimate of drug-likeness (QED) is 0.715. The minimum atomic E-state index is 0.519. The van der Waals surface area contributed by atoms with E-state index in [0.29, 0.717) is 16.3 Å². The van der Waals surface area contributed by atoms with Crippen LogP contribution >= 0.6 is 11.6 Å². The van der Waals surface area contributed by atoms with Crippen molar-refractivity contribution in [1.82, 2.24) is 9.97 Å². The van der Waals surface area contributed by atoms with Gasteiger partial charge in [-0.15, -0.1) is 0 Å². The largest absolute Gasteiger partial charge is 0.397 e. The number of nitrogens with one attached hydrogen (secondary N) is 1. The fraction of sp³-hybridized carbons (Fsp3) is 0.0667. The van der Waals surface area contributed by atoms with Gasteiger partial charge in [-0.05, 0) is 31.2 Å². The van der Waals surface area contributed by atoms with E-state index in [1.54, 1.807) is 6.07 Å². The molecule has 0 aliphatic carbocycles. The molecule has 0 saturated heterocycles. The SMILES string of the molecule is Cc1nc(-c2c[nH]c3c(C#N)cc(Cl)cc23)ccc1N. The fourth-order valence-electron chi connectivity index (χ4n) is 2.22. The van der Waals surface area contributed by atoms with Gasteiger partial charge in [0.1, 0.15) is 6.07 Å². The van der Waals surface area contributed by atoms with Gasteiger partial charge in [-0.25, -0.2) is 0 Å². The Hall–Kier alpha value is -2.51. The van der Waals surface area contributed by atoms with Crippen LogP contribution in [0.15, 0.2) is 30.5 Å². The lowest BCUT2D eigenvalue weighted by Gasteiger charge is -2.04. The predicted molar refractivity (Wildman–Crippen MR) is 80.4 cm³/mol. The smallest absolute Gasteiger partial charge is 0.101 e. The molecule has 0 amide bonds. The number of aromatic nitrogens is 2. The number of aromatic amines is 1. The Morgan fingerprint density at radius 1 is 1.35 bits per heavy atom. The molecule has 0 aliphatic heterocycles. The van der Waals surface area contributed by atoms with Gasteiger partial charge in [0.25, 0.3) is 0 Å². The summed E-state index contributed by atoms with van der Waals surface area (Å²) < 4.78 is 0. The van der Waals surface area contributed by atoms with E-state index in [9.17, 15) is 0 Å². The van der Waals surface area contributed by atoms with E-state index in [2.05, 4.69) is 16.0 Å². The second-order valence-corrected chi connectivity index (χ2v) is 5.00. The molecule has 98 valence electrons. The number of nitrogen functional groups attached to an aromatic ring is 1. The van der Waals surface area contributed by atoms with Crippen molar-refractivity contribution in [2.24, 2.45) is 0 Å².